The molecule has 0 saturated carbocycles. The van der Waals surface area contributed by atoms with Crippen molar-refractivity contribution in [2.45, 2.75) is 40.2 Å². The molecular weight excluding hydrogens is 412 g/mol. The maximum atomic E-state index is 12.8. The van der Waals surface area contributed by atoms with Gasteiger partial charge < -0.3 is 10.1 Å². The van der Waals surface area contributed by atoms with E-state index in [0.717, 1.165) is 34.2 Å². The minimum atomic E-state index is -0.482. The van der Waals surface area contributed by atoms with Gasteiger partial charge in [-0.2, -0.15) is 0 Å². The molecule has 3 rings (SSSR count). The van der Waals surface area contributed by atoms with Gasteiger partial charge >= 0.3 is 0 Å². The summed E-state index contributed by atoms with van der Waals surface area (Å²) in [7, 11) is 0. The standard InChI is InChI=1S/C24H26N2O4S/c1-5-17(4)30-20-9-7-6-8-18(20)13-21-23(28)26(24(29)31-21)14-22(27)25-19-12-15(2)10-11-16(19)3/h6-13,17H,5,14H2,1-4H3,(H,25,27)/b21-13+/t17-/m1/s1. The van der Waals surface area contributed by atoms with Crippen molar-refractivity contribution in [2.75, 3.05) is 11.9 Å². The van der Waals surface area contributed by atoms with Crippen molar-refractivity contribution in [1.29, 1.82) is 0 Å². The van der Waals surface area contributed by atoms with E-state index in [9.17, 15) is 14.4 Å². The Hall–Kier alpha value is -3.06. The van der Waals surface area contributed by atoms with Gasteiger partial charge in [-0.15, -0.1) is 0 Å². The third-order valence-corrected chi connectivity index (χ3v) is 5.86. The van der Waals surface area contributed by atoms with E-state index in [4.69, 9.17) is 4.74 Å². The molecule has 0 radical (unpaired) electrons. The zero-order chi connectivity index (χ0) is 22.5. The molecule has 31 heavy (non-hydrogen) atoms. The number of carbonyl (C=O) groups excluding carboxylic acids is 3. The molecule has 0 aliphatic carbocycles. The zero-order valence-electron chi connectivity index (χ0n) is 18.1. The van der Waals surface area contributed by atoms with E-state index in [1.807, 2.05) is 70.2 Å². The Morgan fingerprint density at radius 2 is 1.94 bits per heavy atom. The molecule has 162 valence electrons. The fourth-order valence-corrected chi connectivity index (χ4v) is 3.82. The van der Waals surface area contributed by atoms with Crippen molar-refractivity contribution < 1.29 is 19.1 Å². The molecule has 1 aliphatic heterocycles. The fraction of sp³-hybridized carbons (Fsp3) is 0.292. The maximum absolute atomic E-state index is 12.8. The van der Waals surface area contributed by atoms with Gasteiger partial charge in [0.05, 0.1) is 11.0 Å². The van der Waals surface area contributed by atoms with Gasteiger partial charge in [-0.05, 0) is 68.3 Å². The highest BCUT2D eigenvalue weighted by molar-refractivity contribution is 8.18. The number of nitrogens with one attached hydrogen (secondary N) is 1. The topological polar surface area (TPSA) is 75.7 Å². The third-order valence-electron chi connectivity index (χ3n) is 4.95. The highest BCUT2D eigenvalue weighted by atomic mass is 32.2. The number of benzene rings is 2. The predicted octanol–water partition coefficient (Wildman–Crippen LogP) is 5.16. The summed E-state index contributed by atoms with van der Waals surface area (Å²) in [4.78, 5) is 39.0. The summed E-state index contributed by atoms with van der Waals surface area (Å²) in [6.45, 7) is 7.48. The first-order valence-electron chi connectivity index (χ1n) is 10.2. The van der Waals surface area contributed by atoms with E-state index in [1.54, 1.807) is 6.08 Å². The smallest absolute Gasteiger partial charge is 0.294 e. The van der Waals surface area contributed by atoms with Crippen molar-refractivity contribution in [1.82, 2.24) is 4.90 Å². The van der Waals surface area contributed by atoms with Crippen LogP contribution < -0.4 is 10.1 Å². The molecule has 7 heteroatoms. The van der Waals surface area contributed by atoms with Crippen molar-refractivity contribution in [3.63, 3.8) is 0 Å². The fourth-order valence-electron chi connectivity index (χ4n) is 2.99. The van der Waals surface area contributed by atoms with E-state index in [0.29, 0.717) is 17.0 Å². The van der Waals surface area contributed by atoms with Crippen molar-refractivity contribution in [3.8, 4) is 5.75 Å². The molecule has 0 spiro atoms. The van der Waals surface area contributed by atoms with Gasteiger partial charge in [0.15, 0.2) is 0 Å². The van der Waals surface area contributed by atoms with Crippen molar-refractivity contribution >= 4 is 40.6 Å². The average molecular weight is 439 g/mol. The number of carbonyl (C=O) groups is 3. The Morgan fingerprint density at radius 3 is 2.68 bits per heavy atom. The molecule has 6 nitrogen and oxygen atoms in total. The lowest BCUT2D eigenvalue weighted by Crippen LogP contribution is -2.36. The van der Waals surface area contributed by atoms with Crippen LogP contribution in [0.25, 0.3) is 6.08 Å². The molecule has 1 saturated heterocycles. The first-order valence-corrected chi connectivity index (χ1v) is 11.0. The lowest BCUT2D eigenvalue weighted by molar-refractivity contribution is -0.127. The number of nitrogens with zero attached hydrogens (tertiary/aromatic N) is 1. The van der Waals surface area contributed by atoms with Crippen LogP contribution in [-0.2, 0) is 9.59 Å². The number of hydrogen-bond donors (Lipinski definition) is 1. The van der Waals surface area contributed by atoms with Gasteiger partial charge in [0.25, 0.3) is 11.1 Å². The first kappa shape index (κ1) is 22.6. The van der Waals surface area contributed by atoms with Gasteiger partial charge in [0.1, 0.15) is 12.3 Å². The van der Waals surface area contributed by atoms with Crippen LogP contribution in [0.15, 0.2) is 47.4 Å². The summed E-state index contributed by atoms with van der Waals surface area (Å²) in [6.07, 6.45) is 2.52. The van der Waals surface area contributed by atoms with Crippen LogP contribution in [-0.4, -0.2) is 34.6 Å². The van der Waals surface area contributed by atoms with E-state index >= 15 is 0 Å². The van der Waals surface area contributed by atoms with Gasteiger partial charge in [0, 0.05) is 11.3 Å². The Morgan fingerprint density at radius 1 is 1.19 bits per heavy atom. The molecular formula is C24H26N2O4S. The molecule has 1 atom stereocenters. The molecule has 1 fully saturated rings. The molecule has 1 heterocycles. The Bertz CT molecular complexity index is 1050. The second-order valence-corrected chi connectivity index (χ2v) is 8.50. The van der Waals surface area contributed by atoms with Gasteiger partial charge in [-0.1, -0.05) is 37.3 Å². The summed E-state index contributed by atoms with van der Waals surface area (Å²) in [5.41, 5.74) is 3.30. The number of amides is 3. The minimum absolute atomic E-state index is 0.0263. The summed E-state index contributed by atoms with van der Waals surface area (Å²) >= 11 is 0.827. The molecule has 2 aromatic carbocycles. The van der Waals surface area contributed by atoms with E-state index < -0.39 is 17.1 Å². The average Bonchev–Trinajstić information content (AvgIpc) is 2.99. The predicted molar refractivity (Wildman–Crippen MR) is 124 cm³/mol. The highest BCUT2D eigenvalue weighted by Gasteiger charge is 2.36. The van der Waals surface area contributed by atoms with Crippen molar-refractivity contribution in [2.24, 2.45) is 0 Å². The van der Waals surface area contributed by atoms with Crippen LogP contribution in [0.3, 0.4) is 0 Å². The van der Waals surface area contributed by atoms with E-state index in [2.05, 4.69) is 5.32 Å². The lowest BCUT2D eigenvalue weighted by Gasteiger charge is -2.15. The number of para-hydroxylation sites is 1. The molecule has 2 aromatic rings. The van der Waals surface area contributed by atoms with Crippen molar-refractivity contribution in [3.05, 3.63) is 64.1 Å². The number of aryl methyl sites for hydroxylation is 2. The van der Waals surface area contributed by atoms with E-state index in [1.165, 1.54) is 0 Å². The van der Waals surface area contributed by atoms with Crippen LogP contribution in [0.4, 0.5) is 10.5 Å². The molecule has 0 unspecified atom stereocenters. The molecule has 1 N–H and O–H groups in total. The SMILES string of the molecule is CC[C@@H](C)Oc1ccccc1/C=C1/SC(=O)N(CC(=O)Nc2cc(C)ccc2C)C1=O. The van der Waals surface area contributed by atoms with Crippen LogP contribution in [0.2, 0.25) is 0 Å². The maximum Gasteiger partial charge on any atom is 0.294 e. The normalized spacial score (nSPS) is 16.0. The number of rotatable bonds is 7. The van der Waals surface area contributed by atoms with Crippen LogP contribution in [0.5, 0.6) is 5.75 Å². The van der Waals surface area contributed by atoms with E-state index in [-0.39, 0.29) is 17.6 Å². The molecule has 3 amide bonds. The second kappa shape index (κ2) is 9.83. The summed E-state index contributed by atoms with van der Waals surface area (Å²) in [6, 6.07) is 13.1. The largest absolute Gasteiger partial charge is 0.490 e. The lowest BCUT2D eigenvalue weighted by atomic mass is 10.1. The number of thioether (sulfide) groups is 1. The first-order chi connectivity index (χ1) is 14.8. The Balaban J connectivity index is 1.74. The van der Waals surface area contributed by atoms with Crippen LogP contribution >= 0.6 is 11.8 Å². The molecule has 0 aromatic heterocycles. The third kappa shape index (κ3) is 5.55. The highest BCUT2D eigenvalue weighted by Crippen LogP contribution is 2.34. The molecule has 0 bridgehead atoms. The minimum Gasteiger partial charge on any atom is -0.490 e. The zero-order valence-corrected chi connectivity index (χ0v) is 18.9. The van der Waals surface area contributed by atoms with Gasteiger partial charge in [-0.3, -0.25) is 19.3 Å². The number of imide groups is 1. The number of anilines is 1. The quantitative estimate of drug-likeness (QED) is 0.605. The Kier molecular flexibility index (Phi) is 7.17. The summed E-state index contributed by atoms with van der Waals surface area (Å²) in [5.74, 6) is -0.251. The molecule has 1 aliphatic rings. The summed E-state index contributed by atoms with van der Waals surface area (Å²) < 4.78 is 5.92. The number of hydrogen-bond acceptors (Lipinski definition) is 5. The van der Waals surface area contributed by atoms with Gasteiger partial charge in [0.2, 0.25) is 5.91 Å². The van der Waals surface area contributed by atoms with Gasteiger partial charge in [-0.25, -0.2) is 0 Å². The summed E-state index contributed by atoms with van der Waals surface area (Å²) in [5, 5.41) is 2.32. The monoisotopic (exact) mass is 438 g/mol. The van der Waals surface area contributed by atoms with Crippen LogP contribution in [0, 0.1) is 13.8 Å². The Labute approximate surface area is 186 Å². The number of ether oxygens (including phenoxy) is 1. The van der Waals surface area contributed by atoms with Crippen LogP contribution in [0.1, 0.15) is 37.0 Å². The second-order valence-electron chi connectivity index (χ2n) is 7.51.